The van der Waals surface area contributed by atoms with Crippen LogP contribution in [0.4, 0.5) is 5.69 Å². The number of nitrogens with zero attached hydrogens (tertiary/aromatic N) is 3. The maximum absolute atomic E-state index is 4.44. The molecule has 1 fully saturated rings. The fourth-order valence-corrected chi connectivity index (χ4v) is 3.25. The first-order chi connectivity index (χ1) is 10.3. The minimum Gasteiger partial charge on any atom is -0.374 e. The number of piperidine rings is 1. The van der Waals surface area contributed by atoms with Crippen molar-refractivity contribution >= 4 is 16.6 Å². The summed E-state index contributed by atoms with van der Waals surface area (Å²) in [6, 6.07) is 10.5. The highest BCUT2D eigenvalue weighted by molar-refractivity contribution is 5.91. The molecule has 3 heteroatoms. The second kappa shape index (κ2) is 6.90. The number of anilines is 1. The van der Waals surface area contributed by atoms with Gasteiger partial charge in [-0.05, 0) is 51.0 Å². The van der Waals surface area contributed by atoms with Crippen LogP contribution in [0.5, 0.6) is 0 Å². The van der Waals surface area contributed by atoms with E-state index in [1.807, 2.05) is 6.20 Å². The minimum atomic E-state index is 1.08. The van der Waals surface area contributed by atoms with Crippen LogP contribution in [0.1, 0.15) is 25.7 Å². The molecule has 1 aromatic heterocycles. The zero-order chi connectivity index (χ0) is 14.5. The Balaban J connectivity index is 1.60. The Morgan fingerprint density at radius 2 is 1.90 bits per heavy atom. The molecule has 1 aliphatic rings. The third-order valence-corrected chi connectivity index (χ3v) is 4.45. The number of para-hydroxylation sites is 1. The first-order valence-electron chi connectivity index (χ1n) is 8.12. The summed E-state index contributed by atoms with van der Waals surface area (Å²) >= 11 is 0. The van der Waals surface area contributed by atoms with E-state index in [4.69, 9.17) is 0 Å². The van der Waals surface area contributed by atoms with Crippen molar-refractivity contribution in [2.75, 3.05) is 38.1 Å². The van der Waals surface area contributed by atoms with Gasteiger partial charge in [-0.15, -0.1) is 0 Å². The van der Waals surface area contributed by atoms with Gasteiger partial charge in [-0.2, -0.15) is 0 Å². The molecule has 0 saturated carbocycles. The highest BCUT2D eigenvalue weighted by Gasteiger charge is 2.10. The van der Waals surface area contributed by atoms with Gasteiger partial charge >= 0.3 is 0 Å². The zero-order valence-electron chi connectivity index (χ0n) is 13.0. The largest absolute Gasteiger partial charge is 0.374 e. The Hall–Kier alpha value is -1.61. The monoisotopic (exact) mass is 283 g/mol. The maximum atomic E-state index is 4.44. The summed E-state index contributed by atoms with van der Waals surface area (Å²) in [4.78, 5) is 9.43. The number of aromatic nitrogens is 1. The van der Waals surface area contributed by atoms with Crippen molar-refractivity contribution in [1.82, 2.24) is 9.88 Å². The molecular weight excluding hydrogens is 258 g/mol. The van der Waals surface area contributed by atoms with Crippen LogP contribution in [-0.2, 0) is 0 Å². The molecule has 2 heterocycles. The van der Waals surface area contributed by atoms with Crippen LogP contribution in [0.25, 0.3) is 10.9 Å². The molecule has 0 amide bonds. The fraction of sp³-hybridized carbons (Fsp3) is 0.500. The molecule has 1 aromatic carbocycles. The number of hydrogen-bond acceptors (Lipinski definition) is 3. The Morgan fingerprint density at radius 3 is 2.76 bits per heavy atom. The standard InChI is InChI=1S/C18H25N3/c1-20(12-7-15-21-13-5-2-6-14-21)18-10-11-19-17-9-4-3-8-16(17)18/h3-4,8-11H,2,5-7,12-15H2,1H3. The quantitative estimate of drug-likeness (QED) is 0.836. The third-order valence-electron chi connectivity index (χ3n) is 4.45. The summed E-state index contributed by atoms with van der Waals surface area (Å²) in [5.74, 6) is 0. The SMILES string of the molecule is CN(CCCN1CCCCC1)c1ccnc2ccccc12. The van der Waals surface area contributed by atoms with Crippen LogP contribution >= 0.6 is 0 Å². The molecule has 112 valence electrons. The summed E-state index contributed by atoms with van der Waals surface area (Å²) in [6.45, 7) is 4.92. The molecule has 1 aliphatic heterocycles. The molecule has 1 saturated heterocycles. The highest BCUT2D eigenvalue weighted by atomic mass is 15.1. The summed E-state index contributed by atoms with van der Waals surface area (Å²) in [6.07, 6.45) is 7.32. The lowest BCUT2D eigenvalue weighted by molar-refractivity contribution is 0.227. The number of benzene rings is 1. The molecule has 21 heavy (non-hydrogen) atoms. The van der Waals surface area contributed by atoms with E-state index in [1.54, 1.807) is 0 Å². The van der Waals surface area contributed by atoms with Crippen molar-refractivity contribution in [1.29, 1.82) is 0 Å². The lowest BCUT2D eigenvalue weighted by atomic mass is 10.1. The summed E-state index contributed by atoms with van der Waals surface area (Å²) in [7, 11) is 2.19. The van der Waals surface area contributed by atoms with Gasteiger partial charge in [-0.25, -0.2) is 0 Å². The fourth-order valence-electron chi connectivity index (χ4n) is 3.25. The second-order valence-electron chi connectivity index (χ2n) is 6.02. The van der Waals surface area contributed by atoms with E-state index in [-0.39, 0.29) is 0 Å². The van der Waals surface area contributed by atoms with Crippen LogP contribution in [-0.4, -0.2) is 43.1 Å². The van der Waals surface area contributed by atoms with E-state index in [9.17, 15) is 0 Å². The third kappa shape index (κ3) is 3.53. The van der Waals surface area contributed by atoms with Crippen LogP contribution in [0.2, 0.25) is 0 Å². The topological polar surface area (TPSA) is 19.4 Å². The number of hydrogen-bond donors (Lipinski definition) is 0. The van der Waals surface area contributed by atoms with E-state index in [0.29, 0.717) is 0 Å². The van der Waals surface area contributed by atoms with E-state index in [1.165, 1.54) is 56.4 Å². The predicted octanol–water partition coefficient (Wildman–Crippen LogP) is 3.55. The van der Waals surface area contributed by atoms with Gasteiger partial charge in [0, 0.05) is 30.9 Å². The average molecular weight is 283 g/mol. The van der Waals surface area contributed by atoms with Crippen molar-refractivity contribution in [3.8, 4) is 0 Å². The summed E-state index contributed by atoms with van der Waals surface area (Å²) in [5.41, 5.74) is 2.37. The van der Waals surface area contributed by atoms with Crippen LogP contribution < -0.4 is 4.90 Å². The van der Waals surface area contributed by atoms with Gasteiger partial charge in [0.25, 0.3) is 0 Å². The Kier molecular flexibility index (Phi) is 4.71. The predicted molar refractivity (Wildman–Crippen MR) is 89.9 cm³/mol. The molecule has 0 atom stereocenters. The van der Waals surface area contributed by atoms with Gasteiger partial charge in [0.1, 0.15) is 0 Å². The van der Waals surface area contributed by atoms with Gasteiger partial charge < -0.3 is 9.80 Å². The average Bonchev–Trinajstić information content (AvgIpc) is 2.55. The molecule has 0 spiro atoms. The molecule has 0 bridgehead atoms. The van der Waals surface area contributed by atoms with E-state index >= 15 is 0 Å². The number of rotatable bonds is 5. The van der Waals surface area contributed by atoms with Gasteiger partial charge in [-0.1, -0.05) is 24.6 Å². The number of pyridine rings is 1. The smallest absolute Gasteiger partial charge is 0.0722 e. The summed E-state index contributed by atoms with van der Waals surface area (Å²) < 4.78 is 0. The van der Waals surface area contributed by atoms with Gasteiger partial charge in [0.2, 0.25) is 0 Å². The molecular formula is C18H25N3. The first-order valence-corrected chi connectivity index (χ1v) is 8.12. The van der Waals surface area contributed by atoms with E-state index in [0.717, 1.165) is 12.1 Å². The lowest BCUT2D eigenvalue weighted by Gasteiger charge is -2.28. The minimum absolute atomic E-state index is 1.08. The number of fused-ring (bicyclic) bond motifs is 1. The van der Waals surface area contributed by atoms with Crippen molar-refractivity contribution in [3.63, 3.8) is 0 Å². The van der Waals surface area contributed by atoms with E-state index in [2.05, 4.69) is 52.2 Å². The maximum Gasteiger partial charge on any atom is 0.0722 e. The molecule has 0 aliphatic carbocycles. The molecule has 2 aromatic rings. The lowest BCUT2D eigenvalue weighted by Crippen LogP contribution is -2.32. The van der Waals surface area contributed by atoms with Crippen molar-refractivity contribution < 1.29 is 0 Å². The summed E-state index contributed by atoms with van der Waals surface area (Å²) in [5, 5.41) is 1.25. The Bertz CT molecular complexity index is 570. The van der Waals surface area contributed by atoms with Gasteiger partial charge in [0.15, 0.2) is 0 Å². The first kappa shape index (κ1) is 14.3. The Labute approximate surface area is 127 Å². The molecule has 0 N–H and O–H groups in total. The van der Waals surface area contributed by atoms with E-state index < -0.39 is 0 Å². The van der Waals surface area contributed by atoms with Gasteiger partial charge in [0.05, 0.1) is 5.52 Å². The number of likely N-dealkylation sites (tertiary alicyclic amines) is 1. The molecule has 0 unspecified atom stereocenters. The Morgan fingerprint density at radius 1 is 1.10 bits per heavy atom. The van der Waals surface area contributed by atoms with Crippen LogP contribution in [0.15, 0.2) is 36.5 Å². The van der Waals surface area contributed by atoms with Crippen molar-refractivity contribution in [3.05, 3.63) is 36.5 Å². The molecule has 0 radical (unpaired) electrons. The molecule has 3 nitrogen and oxygen atoms in total. The normalized spacial score (nSPS) is 16.2. The van der Waals surface area contributed by atoms with Crippen LogP contribution in [0, 0.1) is 0 Å². The molecule has 3 rings (SSSR count). The van der Waals surface area contributed by atoms with Crippen molar-refractivity contribution in [2.24, 2.45) is 0 Å². The van der Waals surface area contributed by atoms with Gasteiger partial charge in [-0.3, -0.25) is 4.98 Å². The van der Waals surface area contributed by atoms with Crippen molar-refractivity contribution in [2.45, 2.75) is 25.7 Å². The zero-order valence-corrected chi connectivity index (χ0v) is 13.0. The highest BCUT2D eigenvalue weighted by Crippen LogP contribution is 2.24. The van der Waals surface area contributed by atoms with Crippen LogP contribution in [0.3, 0.4) is 0 Å². The second-order valence-corrected chi connectivity index (χ2v) is 6.02.